The Kier molecular flexibility index (Phi) is 4.18. The van der Waals surface area contributed by atoms with Crippen molar-refractivity contribution in [2.45, 2.75) is 26.8 Å². The number of hydrogen-bond donors (Lipinski definition) is 2. The maximum absolute atomic E-state index is 13.0. The zero-order valence-electron chi connectivity index (χ0n) is 15.6. The van der Waals surface area contributed by atoms with Gasteiger partial charge in [0.2, 0.25) is 0 Å². The number of carbonyl (C=O) groups excluding carboxylic acids is 2. The normalized spacial score (nSPS) is 17.5. The molecule has 1 atom stereocenters. The van der Waals surface area contributed by atoms with Crippen LogP contribution in [0.4, 0.5) is 0 Å². The third-order valence-corrected chi connectivity index (χ3v) is 5.21. The summed E-state index contributed by atoms with van der Waals surface area (Å²) in [5.41, 5.74) is 3.58. The third kappa shape index (κ3) is 2.97. The van der Waals surface area contributed by atoms with Crippen molar-refractivity contribution >= 4 is 22.8 Å². The summed E-state index contributed by atoms with van der Waals surface area (Å²) in [6.07, 6.45) is 3.34. The number of H-pyrrole nitrogens is 2. The standard InChI is InChI=1S/C19H22N6O2/c1-11-10-24(19(27)15-4-5-20-12(15)2)6-7-25(11)18(26)14-8-16-13(3)22-23-17(16)21-9-14/h4-5,8-9,11,20H,6-7,10H2,1-3H3,(H,21,22,23)/t11-/m1/s1. The van der Waals surface area contributed by atoms with E-state index in [0.29, 0.717) is 36.4 Å². The Hall–Kier alpha value is -3.16. The second-order valence-electron chi connectivity index (χ2n) is 7.06. The summed E-state index contributed by atoms with van der Waals surface area (Å²) in [5.74, 6) is -0.0627. The molecule has 0 bridgehead atoms. The molecule has 0 aliphatic carbocycles. The minimum atomic E-state index is -0.0735. The van der Waals surface area contributed by atoms with Gasteiger partial charge < -0.3 is 14.8 Å². The highest BCUT2D eigenvalue weighted by atomic mass is 16.2. The molecule has 8 heteroatoms. The molecule has 3 aromatic rings. The van der Waals surface area contributed by atoms with Gasteiger partial charge in [-0.15, -0.1) is 0 Å². The van der Waals surface area contributed by atoms with Gasteiger partial charge in [0.1, 0.15) is 0 Å². The first-order chi connectivity index (χ1) is 13.0. The van der Waals surface area contributed by atoms with E-state index in [4.69, 9.17) is 0 Å². The summed E-state index contributed by atoms with van der Waals surface area (Å²) in [7, 11) is 0. The average Bonchev–Trinajstić information content (AvgIpc) is 3.26. The van der Waals surface area contributed by atoms with E-state index in [2.05, 4.69) is 20.2 Å². The molecular weight excluding hydrogens is 344 g/mol. The summed E-state index contributed by atoms with van der Waals surface area (Å²) < 4.78 is 0. The van der Waals surface area contributed by atoms with Gasteiger partial charge in [-0.1, -0.05) is 0 Å². The molecule has 1 aliphatic rings. The van der Waals surface area contributed by atoms with E-state index in [1.807, 2.05) is 36.6 Å². The average molecular weight is 366 g/mol. The minimum absolute atomic E-state index is 0.00445. The van der Waals surface area contributed by atoms with Gasteiger partial charge in [-0.25, -0.2) is 4.98 Å². The van der Waals surface area contributed by atoms with Crippen LogP contribution in [-0.2, 0) is 0 Å². The van der Waals surface area contributed by atoms with Crippen LogP contribution in [0.15, 0.2) is 24.5 Å². The molecule has 1 aliphatic heterocycles. The van der Waals surface area contributed by atoms with Gasteiger partial charge >= 0.3 is 0 Å². The molecule has 140 valence electrons. The van der Waals surface area contributed by atoms with E-state index in [1.165, 1.54) is 0 Å². The third-order valence-electron chi connectivity index (χ3n) is 5.21. The number of piperazine rings is 1. The summed E-state index contributed by atoms with van der Waals surface area (Å²) in [6, 6.07) is 3.56. The molecule has 2 N–H and O–H groups in total. The SMILES string of the molecule is Cc1[nH]ccc1C(=O)N1CCN(C(=O)c2cnc3n[nH]c(C)c3c2)[C@H](C)C1. The molecular formula is C19H22N6O2. The number of aryl methyl sites for hydroxylation is 2. The molecule has 8 nitrogen and oxygen atoms in total. The summed E-state index contributed by atoms with van der Waals surface area (Å²) in [4.78, 5) is 36.6. The molecule has 0 unspecified atom stereocenters. The van der Waals surface area contributed by atoms with Gasteiger partial charge in [0, 0.05) is 54.8 Å². The largest absolute Gasteiger partial charge is 0.365 e. The molecule has 1 fully saturated rings. The van der Waals surface area contributed by atoms with Gasteiger partial charge in [-0.05, 0) is 32.9 Å². The summed E-state index contributed by atoms with van der Waals surface area (Å²) >= 11 is 0. The number of hydrogen-bond acceptors (Lipinski definition) is 4. The van der Waals surface area contributed by atoms with Crippen molar-refractivity contribution in [3.8, 4) is 0 Å². The molecule has 4 rings (SSSR count). The first-order valence-electron chi connectivity index (χ1n) is 9.00. The van der Waals surface area contributed by atoms with E-state index in [1.54, 1.807) is 18.5 Å². The highest BCUT2D eigenvalue weighted by Crippen LogP contribution is 2.20. The van der Waals surface area contributed by atoms with E-state index in [9.17, 15) is 9.59 Å². The quantitative estimate of drug-likeness (QED) is 0.724. The second kappa shape index (κ2) is 6.53. The van der Waals surface area contributed by atoms with Gasteiger partial charge in [0.15, 0.2) is 5.65 Å². The second-order valence-corrected chi connectivity index (χ2v) is 7.06. The maximum Gasteiger partial charge on any atom is 0.255 e. The van der Waals surface area contributed by atoms with Gasteiger partial charge in [-0.2, -0.15) is 5.10 Å². The predicted molar refractivity (Wildman–Crippen MR) is 101 cm³/mol. The van der Waals surface area contributed by atoms with Crippen molar-refractivity contribution in [2.24, 2.45) is 0 Å². The summed E-state index contributed by atoms with van der Waals surface area (Å²) in [6.45, 7) is 7.28. The van der Waals surface area contributed by atoms with Crippen LogP contribution in [0.5, 0.6) is 0 Å². The fraction of sp³-hybridized carbons (Fsp3) is 0.368. The number of nitrogens with one attached hydrogen (secondary N) is 2. The molecule has 0 spiro atoms. The lowest BCUT2D eigenvalue weighted by Crippen LogP contribution is -2.55. The van der Waals surface area contributed by atoms with Gasteiger partial charge in [-0.3, -0.25) is 14.7 Å². The lowest BCUT2D eigenvalue weighted by molar-refractivity contribution is 0.0414. The number of pyridine rings is 1. The fourth-order valence-electron chi connectivity index (χ4n) is 3.60. The van der Waals surface area contributed by atoms with Crippen molar-refractivity contribution in [3.05, 3.63) is 47.0 Å². The van der Waals surface area contributed by atoms with Gasteiger partial charge in [0.05, 0.1) is 11.1 Å². The molecule has 1 saturated heterocycles. The molecule has 3 aromatic heterocycles. The lowest BCUT2D eigenvalue weighted by atomic mass is 10.1. The smallest absolute Gasteiger partial charge is 0.255 e. The maximum atomic E-state index is 13.0. The molecule has 4 heterocycles. The zero-order valence-corrected chi connectivity index (χ0v) is 15.6. The van der Waals surface area contributed by atoms with Crippen LogP contribution >= 0.6 is 0 Å². The highest BCUT2D eigenvalue weighted by molar-refractivity contribution is 5.98. The highest BCUT2D eigenvalue weighted by Gasteiger charge is 2.31. The molecule has 27 heavy (non-hydrogen) atoms. The van der Waals surface area contributed by atoms with Crippen LogP contribution in [0.25, 0.3) is 11.0 Å². The van der Waals surface area contributed by atoms with E-state index < -0.39 is 0 Å². The minimum Gasteiger partial charge on any atom is -0.365 e. The van der Waals surface area contributed by atoms with Crippen molar-refractivity contribution in [3.63, 3.8) is 0 Å². The van der Waals surface area contributed by atoms with Gasteiger partial charge in [0.25, 0.3) is 11.8 Å². The number of aromatic nitrogens is 4. The predicted octanol–water partition coefficient (Wildman–Crippen LogP) is 1.89. The fourth-order valence-corrected chi connectivity index (χ4v) is 3.60. The first kappa shape index (κ1) is 17.3. The van der Waals surface area contributed by atoms with E-state index in [0.717, 1.165) is 16.8 Å². The van der Waals surface area contributed by atoms with E-state index in [-0.39, 0.29) is 17.9 Å². The molecule has 2 amide bonds. The molecule has 0 aromatic carbocycles. The molecule has 0 radical (unpaired) electrons. The van der Waals surface area contributed by atoms with Crippen molar-refractivity contribution in [2.75, 3.05) is 19.6 Å². The number of rotatable bonds is 2. The molecule has 0 saturated carbocycles. The topological polar surface area (TPSA) is 98.0 Å². The van der Waals surface area contributed by atoms with Crippen LogP contribution in [0.2, 0.25) is 0 Å². The van der Waals surface area contributed by atoms with Crippen LogP contribution in [0.1, 0.15) is 39.0 Å². The van der Waals surface area contributed by atoms with E-state index >= 15 is 0 Å². The van der Waals surface area contributed by atoms with Crippen LogP contribution < -0.4 is 0 Å². The van der Waals surface area contributed by atoms with Crippen molar-refractivity contribution in [1.29, 1.82) is 0 Å². The Bertz CT molecular complexity index is 1020. The monoisotopic (exact) mass is 366 g/mol. The number of carbonyl (C=O) groups is 2. The Morgan fingerprint density at radius 1 is 1.19 bits per heavy atom. The number of aromatic amines is 2. The lowest BCUT2D eigenvalue weighted by Gasteiger charge is -2.40. The number of fused-ring (bicyclic) bond motifs is 1. The Balaban J connectivity index is 1.50. The van der Waals surface area contributed by atoms with Crippen LogP contribution in [-0.4, -0.2) is 67.5 Å². The Labute approximate surface area is 156 Å². The van der Waals surface area contributed by atoms with Crippen molar-refractivity contribution in [1.82, 2.24) is 30.0 Å². The Morgan fingerprint density at radius 3 is 2.70 bits per heavy atom. The first-order valence-corrected chi connectivity index (χ1v) is 9.00. The zero-order chi connectivity index (χ0) is 19.1. The van der Waals surface area contributed by atoms with Crippen molar-refractivity contribution < 1.29 is 9.59 Å². The number of amides is 2. The van der Waals surface area contributed by atoms with Crippen LogP contribution in [0, 0.1) is 13.8 Å². The van der Waals surface area contributed by atoms with Crippen LogP contribution in [0.3, 0.4) is 0 Å². The summed E-state index contributed by atoms with van der Waals surface area (Å²) in [5, 5.41) is 7.83. The Morgan fingerprint density at radius 2 is 2.00 bits per heavy atom. The number of nitrogens with zero attached hydrogens (tertiary/aromatic N) is 4.